The zero-order valence-corrected chi connectivity index (χ0v) is 12.9. The van der Waals surface area contributed by atoms with Gasteiger partial charge in [0, 0.05) is 17.0 Å². The van der Waals surface area contributed by atoms with Crippen LogP contribution in [0.25, 0.3) is 5.78 Å². The molecule has 0 aliphatic rings. The fraction of sp³-hybridized carbons (Fsp3) is 0.267. The molecule has 0 unspecified atom stereocenters. The van der Waals surface area contributed by atoms with E-state index in [9.17, 15) is 4.79 Å². The average Bonchev–Trinajstić information content (AvgIpc) is 2.84. The van der Waals surface area contributed by atoms with Crippen molar-refractivity contribution in [2.75, 3.05) is 5.73 Å². The molecule has 0 fully saturated rings. The van der Waals surface area contributed by atoms with Gasteiger partial charge in [-0.2, -0.15) is 9.50 Å². The number of nitrogens with one attached hydrogen (secondary N) is 1. The van der Waals surface area contributed by atoms with Crippen molar-refractivity contribution < 1.29 is 0 Å². The van der Waals surface area contributed by atoms with Crippen LogP contribution in [0.15, 0.2) is 29.1 Å². The number of nitrogen functional groups attached to an aromatic ring is 1. The summed E-state index contributed by atoms with van der Waals surface area (Å²) in [5.74, 6) is 0.479. The van der Waals surface area contributed by atoms with Crippen molar-refractivity contribution in [3.05, 3.63) is 56.5 Å². The molecule has 3 aromatic rings. The SMILES string of the molecule is CCCc1nc2nc(N)[nH]n2c(=O)c1Cc1cccc(Cl)c1. The van der Waals surface area contributed by atoms with Gasteiger partial charge in [0.1, 0.15) is 0 Å². The van der Waals surface area contributed by atoms with Crippen molar-refractivity contribution in [3.8, 4) is 0 Å². The van der Waals surface area contributed by atoms with Crippen LogP contribution in [-0.2, 0) is 12.8 Å². The monoisotopic (exact) mass is 317 g/mol. The summed E-state index contributed by atoms with van der Waals surface area (Å²) < 4.78 is 1.29. The highest BCUT2D eigenvalue weighted by Gasteiger charge is 2.15. The molecule has 0 aliphatic carbocycles. The Labute approximate surface area is 131 Å². The first-order chi connectivity index (χ1) is 10.6. The highest BCUT2D eigenvalue weighted by atomic mass is 35.5. The van der Waals surface area contributed by atoms with E-state index < -0.39 is 0 Å². The number of anilines is 1. The summed E-state index contributed by atoms with van der Waals surface area (Å²) in [6.07, 6.45) is 2.09. The topological polar surface area (TPSA) is 89.1 Å². The third kappa shape index (κ3) is 2.69. The molecule has 2 aromatic heterocycles. The summed E-state index contributed by atoms with van der Waals surface area (Å²) in [7, 11) is 0. The zero-order valence-electron chi connectivity index (χ0n) is 12.1. The molecule has 0 atom stereocenters. The second kappa shape index (κ2) is 5.81. The molecule has 0 saturated heterocycles. The Morgan fingerprint density at radius 1 is 1.36 bits per heavy atom. The van der Waals surface area contributed by atoms with E-state index in [0.29, 0.717) is 29.2 Å². The van der Waals surface area contributed by atoms with Crippen LogP contribution in [0.3, 0.4) is 0 Å². The second-order valence-electron chi connectivity index (χ2n) is 5.14. The van der Waals surface area contributed by atoms with Gasteiger partial charge in [-0.15, -0.1) is 0 Å². The number of aromatic amines is 1. The lowest BCUT2D eigenvalue weighted by atomic mass is 10.0. The number of hydrogen-bond acceptors (Lipinski definition) is 4. The Bertz CT molecular complexity index is 883. The van der Waals surface area contributed by atoms with E-state index in [1.54, 1.807) is 0 Å². The highest BCUT2D eigenvalue weighted by Crippen LogP contribution is 2.16. The van der Waals surface area contributed by atoms with E-state index in [1.165, 1.54) is 4.52 Å². The van der Waals surface area contributed by atoms with Gasteiger partial charge in [-0.3, -0.25) is 9.89 Å². The van der Waals surface area contributed by atoms with Crippen molar-refractivity contribution in [3.63, 3.8) is 0 Å². The molecule has 22 heavy (non-hydrogen) atoms. The molecular weight excluding hydrogens is 302 g/mol. The number of fused-ring (bicyclic) bond motifs is 1. The van der Waals surface area contributed by atoms with Crippen molar-refractivity contribution in [2.45, 2.75) is 26.2 Å². The molecule has 2 heterocycles. The number of halogens is 1. The van der Waals surface area contributed by atoms with Crippen LogP contribution in [0.2, 0.25) is 5.02 Å². The van der Waals surface area contributed by atoms with Gasteiger partial charge >= 0.3 is 0 Å². The highest BCUT2D eigenvalue weighted by molar-refractivity contribution is 6.30. The van der Waals surface area contributed by atoms with E-state index in [2.05, 4.69) is 15.1 Å². The average molecular weight is 318 g/mol. The standard InChI is InChI=1S/C15H16ClN5O/c1-2-4-12-11(8-9-5-3-6-10(16)7-9)13(22)21-15(18-12)19-14(17)20-21/h3,5-7H,2,4,8H2,1H3,(H3,17,18,19,20). The normalized spacial score (nSPS) is 11.2. The lowest BCUT2D eigenvalue weighted by Crippen LogP contribution is -2.23. The predicted molar refractivity (Wildman–Crippen MR) is 86.3 cm³/mol. The maximum Gasteiger partial charge on any atom is 0.277 e. The first-order valence-electron chi connectivity index (χ1n) is 7.09. The Morgan fingerprint density at radius 3 is 2.91 bits per heavy atom. The number of aromatic nitrogens is 4. The number of nitrogens with zero attached hydrogens (tertiary/aromatic N) is 3. The van der Waals surface area contributed by atoms with Crippen molar-refractivity contribution >= 4 is 23.3 Å². The summed E-state index contributed by atoms with van der Waals surface area (Å²) in [5.41, 5.74) is 7.83. The molecule has 3 N–H and O–H groups in total. The van der Waals surface area contributed by atoms with Crippen molar-refractivity contribution in [1.29, 1.82) is 0 Å². The van der Waals surface area contributed by atoms with Gasteiger partial charge in [0.2, 0.25) is 5.95 Å². The Morgan fingerprint density at radius 2 is 2.18 bits per heavy atom. The molecule has 0 saturated carbocycles. The summed E-state index contributed by atoms with van der Waals surface area (Å²) in [6.45, 7) is 2.05. The van der Waals surface area contributed by atoms with Gasteiger partial charge in [-0.1, -0.05) is 37.1 Å². The van der Waals surface area contributed by atoms with E-state index in [1.807, 2.05) is 31.2 Å². The first-order valence-corrected chi connectivity index (χ1v) is 7.46. The summed E-state index contributed by atoms with van der Waals surface area (Å²) in [6, 6.07) is 7.47. The smallest absolute Gasteiger partial charge is 0.277 e. The first kappa shape index (κ1) is 14.6. The summed E-state index contributed by atoms with van der Waals surface area (Å²) in [5, 5.41) is 3.36. The van der Waals surface area contributed by atoms with Crippen molar-refractivity contribution in [1.82, 2.24) is 19.6 Å². The Balaban J connectivity index is 2.15. The fourth-order valence-corrected chi connectivity index (χ4v) is 2.70. The van der Waals surface area contributed by atoms with Gasteiger partial charge in [0.25, 0.3) is 11.3 Å². The summed E-state index contributed by atoms with van der Waals surface area (Å²) in [4.78, 5) is 21.2. The molecule has 114 valence electrons. The number of nitrogens with two attached hydrogens (primary N) is 1. The maximum absolute atomic E-state index is 12.7. The Kier molecular flexibility index (Phi) is 3.85. The third-order valence-corrected chi connectivity index (χ3v) is 3.68. The molecule has 1 aromatic carbocycles. The quantitative estimate of drug-likeness (QED) is 0.772. The second-order valence-corrected chi connectivity index (χ2v) is 5.58. The van der Waals surface area contributed by atoms with Gasteiger partial charge in [-0.05, 0) is 24.1 Å². The molecule has 0 amide bonds. The van der Waals surface area contributed by atoms with Crippen LogP contribution in [0.4, 0.5) is 5.95 Å². The number of aryl methyl sites for hydroxylation is 1. The van der Waals surface area contributed by atoms with Gasteiger partial charge in [-0.25, -0.2) is 4.98 Å². The van der Waals surface area contributed by atoms with Gasteiger partial charge < -0.3 is 5.73 Å². The van der Waals surface area contributed by atoms with Crippen LogP contribution in [0.5, 0.6) is 0 Å². The lowest BCUT2D eigenvalue weighted by molar-refractivity contribution is 0.808. The van der Waals surface area contributed by atoms with E-state index >= 15 is 0 Å². The minimum absolute atomic E-state index is 0.169. The maximum atomic E-state index is 12.7. The zero-order chi connectivity index (χ0) is 15.7. The van der Waals surface area contributed by atoms with Crippen molar-refractivity contribution in [2.24, 2.45) is 0 Å². The van der Waals surface area contributed by atoms with Crippen LogP contribution in [0, 0.1) is 0 Å². The molecule has 0 spiro atoms. The molecule has 3 rings (SSSR count). The lowest BCUT2D eigenvalue weighted by Gasteiger charge is -2.08. The molecule has 0 radical (unpaired) electrons. The van der Waals surface area contributed by atoms with Gasteiger partial charge in [0.05, 0.1) is 5.69 Å². The molecular formula is C15H16ClN5O. The molecule has 0 bridgehead atoms. The van der Waals surface area contributed by atoms with Crippen LogP contribution in [0.1, 0.15) is 30.2 Å². The van der Waals surface area contributed by atoms with E-state index in [0.717, 1.165) is 17.7 Å². The van der Waals surface area contributed by atoms with Crippen LogP contribution in [-0.4, -0.2) is 19.6 Å². The fourth-order valence-electron chi connectivity index (χ4n) is 2.48. The van der Waals surface area contributed by atoms with E-state index in [-0.39, 0.29) is 11.5 Å². The molecule has 7 heteroatoms. The third-order valence-electron chi connectivity index (χ3n) is 3.45. The van der Waals surface area contributed by atoms with Crippen LogP contribution >= 0.6 is 11.6 Å². The number of hydrogen-bond donors (Lipinski definition) is 2. The van der Waals surface area contributed by atoms with Gasteiger partial charge in [0.15, 0.2) is 0 Å². The predicted octanol–water partition coefficient (Wildman–Crippen LogP) is 2.20. The summed E-state index contributed by atoms with van der Waals surface area (Å²) >= 11 is 6.02. The molecule has 0 aliphatic heterocycles. The van der Waals surface area contributed by atoms with Crippen LogP contribution < -0.4 is 11.3 Å². The number of H-pyrrole nitrogens is 1. The Hall–Kier alpha value is -2.34. The van der Waals surface area contributed by atoms with E-state index in [4.69, 9.17) is 17.3 Å². The minimum Gasteiger partial charge on any atom is -0.368 e. The molecule has 6 nitrogen and oxygen atoms in total. The largest absolute Gasteiger partial charge is 0.368 e. The minimum atomic E-state index is -0.169. The number of rotatable bonds is 4. The number of benzene rings is 1.